The molecule has 2 N–H and O–H groups in total. The summed E-state index contributed by atoms with van der Waals surface area (Å²) in [4.78, 5) is 17.4. The van der Waals surface area contributed by atoms with Crippen LogP contribution in [-0.2, 0) is 16.0 Å². The Balaban J connectivity index is 0.00000180. The van der Waals surface area contributed by atoms with E-state index in [1.807, 2.05) is 13.8 Å². The van der Waals surface area contributed by atoms with Gasteiger partial charge in [0.25, 0.3) is 0 Å². The molecule has 1 aliphatic heterocycles. The van der Waals surface area contributed by atoms with Crippen molar-refractivity contribution in [2.75, 3.05) is 26.2 Å². The van der Waals surface area contributed by atoms with Crippen LogP contribution < -0.4 is 10.6 Å². The number of carbonyl (C=O) groups is 1. The van der Waals surface area contributed by atoms with Crippen molar-refractivity contribution >= 4 is 42.1 Å². The van der Waals surface area contributed by atoms with Crippen LogP contribution in [0.1, 0.15) is 15.6 Å². The number of hydrogen-bond acceptors (Lipinski definition) is 5. The first-order chi connectivity index (χ1) is 8.66. The van der Waals surface area contributed by atoms with Gasteiger partial charge in [-0.25, -0.2) is 4.98 Å². The molecular weight excluding hydrogens is 321 g/mol. The van der Waals surface area contributed by atoms with Gasteiger partial charge in [-0.15, -0.1) is 36.2 Å². The summed E-state index contributed by atoms with van der Waals surface area (Å²) in [7, 11) is 0. The van der Waals surface area contributed by atoms with E-state index in [2.05, 4.69) is 15.6 Å². The van der Waals surface area contributed by atoms with E-state index in [0.29, 0.717) is 19.7 Å². The van der Waals surface area contributed by atoms with Gasteiger partial charge in [-0.05, 0) is 13.8 Å². The number of nitrogens with one attached hydrogen (secondary N) is 2. The molecule has 8 heteroatoms. The molecule has 1 atom stereocenters. The van der Waals surface area contributed by atoms with E-state index in [1.54, 1.807) is 11.3 Å². The van der Waals surface area contributed by atoms with E-state index >= 15 is 0 Å². The minimum atomic E-state index is -0.344. The maximum atomic E-state index is 11.8. The summed E-state index contributed by atoms with van der Waals surface area (Å²) in [5.74, 6) is -0.0268. The Kier molecular flexibility index (Phi) is 9.33. The number of rotatable bonds is 4. The second-order valence-electron chi connectivity index (χ2n) is 4.35. The molecule has 1 aromatic heterocycles. The summed E-state index contributed by atoms with van der Waals surface area (Å²) >= 11 is 1.70. The quantitative estimate of drug-likeness (QED) is 0.865. The molecule has 2 heterocycles. The highest BCUT2D eigenvalue weighted by Crippen LogP contribution is 2.17. The van der Waals surface area contributed by atoms with Crippen LogP contribution >= 0.6 is 36.2 Å². The average Bonchev–Trinajstić information content (AvgIpc) is 2.69. The minimum Gasteiger partial charge on any atom is -0.366 e. The standard InChI is InChI=1S/C12H19N3O2S.2ClH/c1-8-11(18-9(2)15-8)3-4-14-12(16)10-7-13-5-6-17-10;;/h10,13H,3-7H2,1-2H3,(H,14,16);2*1H. The van der Waals surface area contributed by atoms with Crippen molar-refractivity contribution in [1.82, 2.24) is 15.6 Å². The maximum Gasteiger partial charge on any atom is 0.250 e. The maximum absolute atomic E-state index is 11.8. The summed E-state index contributed by atoms with van der Waals surface area (Å²) < 4.78 is 5.39. The van der Waals surface area contributed by atoms with E-state index in [1.165, 1.54) is 4.88 Å². The minimum absolute atomic E-state index is 0. The van der Waals surface area contributed by atoms with Crippen molar-refractivity contribution in [3.63, 3.8) is 0 Å². The van der Waals surface area contributed by atoms with Crippen molar-refractivity contribution < 1.29 is 9.53 Å². The fourth-order valence-corrected chi connectivity index (χ4v) is 2.89. The Labute approximate surface area is 135 Å². The zero-order valence-electron chi connectivity index (χ0n) is 11.6. The Bertz CT molecular complexity index is 423. The topological polar surface area (TPSA) is 63.2 Å². The largest absolute Gasteiger partial charge is 0.366 e. The normalized spacial score (nSPS) is 17.8. The van der Waals surface area contributed by atoms with Crippen LogP contribution in [0.3, 0.4) is 0 Å². The second-order valence-corrected chi connectivity index (χ2v) is 5.63. The van der Waals surface area contributed by atoms with Crippen LogP contribution in [0, 0.1) is 13.8 Å². The van der Waals surface area contributed by atoms with Gasteiger partial charge in [-0.2, -0.15) is 0 Å². The zero-order valence-corrected chi connectivity index (χ0v) is 14.1. The van der Waals surface area contributed by atoms with Crippen LogP contribution in [0.25, 0.3) is 0 Å². The van der Waals surface area contributed by atoms with Crippen LogP contribution in [0.15, 0.2) is 0 Å². The third-order valence-electron chi connectivity index (χ3n) is 2.87. The third kappa shape index (κ3) is 5.54. The van der Waals surface area contributed by atoms with Crippen molar-refractivity contribution in [3.8, 4) is 0 Å². The molecular formula is C12H21Cl2N3O2S. The lowest BCUT2D eigenvalue weighted by Crippen LogP contribution is -2.48. The Morgan fingerprint density at radius 2 is 2.25 bits per heavy atom. The van der Waals surface area contributed by atoms with Gasteiger partial charge in [-0.3, -0.25) is 4.79 Å². The third-order valence-corrected chi connectivity index (χ3v) is 4.00. The van der Waals surface area contributed by atoms with Gasteiger partial charge in [0.1, 0.15) is 6.10 Å². The van der Waals surface area contributed by atoms with Crippen LogP contribution in [-0.4, -0.2) is 43.2 Å². The number of amides is 1. The number of morpholine rings is 1. The lowest BCUT2D eigenvalue weighted by molar-refractivity contribution is -0.134. The number of aromatic nitrogens is 1. The van der Waals surface area contributed by atoms with E-state index in [0.717, 1.165) is 23.7 Å². The fourth-order valence-electron chi connectivity index (χ4n) is 1.95. The average molecular weight is 342 g/mol. The summed E-state index contributed by atoms with van der Waals surface area (Å²) in [5, 5.41) is 7.13. The smallest absolute Gasteiger partial charge is 0.250 e. The molecule has 1 saturated heterocycles. The van der Waals surface area contributed by atoms with E-state index in [-0.39, 0.29) is 36.8 Å². The number of aryl methyl sites for hydroxylation is 2. The van der Waals surface area contributed by atoms with Crippen molar-refractivity contribution in [2.24, 2.45) is 0 Å². The van der Waals surface area contributed by atoms with E-state index < -0.39 is 0 Å². The zero-order chi connectivity index (χ0) is 13.0. The first-order valence-corrected chi connectivity index (χ1v) is 7.01. The highest BCUT2D eigenvalue weighted by atomic mass is 35.5. The second kappa shape index (κ2) is 9.52. The molecule has 0 saturated carbocycles. The van der Waals surface area contributed by atoms with Gasteiger partial charge in [0.2, 0.25) is 5.91 Å². The van der Waals surface area contributed by atoms with Crippen molar-refractivity contribution in [1.29, 1.82) is 0 Å². The summed E-state index contributed by atoms with van der Waals surface area (Å²) in [6.45, 7) is 6.68. The molecule has 5 nitrogen and oxygen atoms in total. The molecule has 1 aromatic rings. The van der Waals surface area contributed by atoms with Crippen molar-refractivity contribution in [2.45, 2.75) is 26.4 Å². The van der Waals surface area contributed by atoms with Gasteiger partial charge in [0.05, 0.1) is 17.3 Å². The highest BCUT2D eigenvalue weighted by Gasteiger charge is 2.21. The van der Waals surface area contributed by atoms with Crippen LogP contribution in [0.4, 0.5) is 0 Å². The number of carbonyl (C=O) groups excluding carboxylic acids is 1. The predicted molar refractivity (Wildman–Crippen MR) is 85.4 cm³/mol. The molecule has 116 valence electrons. The first-order valence-electron chi connectivity index (χ1n) is 6.20. The fraction of sp³-hybridized carbons (Fsp3) is 0.667. The first kappa shape index (κ1) is 19.6. The van der Waals surface area contributed by atoms with Crippen molar-refractivity contribution in [3.05, 3.63) is 15.6 Å². The molecule has 0 spiro atoms. The molecule has 20 heavy (non-hydrogen) atoms. The van der Waals surface area contributed by atoms with Gasteiger partial charge in [0.15, 0.2) is 0 Å². The summed E-state index contributed by atoms with van der Waals surface area (Å²) in [5.41, 5.74) is 1.07. The Morgan fingerprint density at radius 3 is 2.80 bits per heavy atom. The number of halogens is 2. The molecule has 0 bridgehead atoms. The monoisotopic (exact) mass is 341 g/mol. The number of ether oxygens (including phenoxy) is 1. The molecule has 1 unspecified atom stereocenters. The molecule has 0 aromatic carbocycles. The lowest BCUT2D eigenvalue weighted by Gasteiger charge is -2.22. The number of nitrogens with zero attached hydrogens (tertiary/aromatic N) is 1. The molecule has 0 aliphatic carbocycles. The lowest BCUT2D eigenvalue weighted by atomic mass is 10.2. The Hall–Kier alpha value is -0.400. The summed E-state index contributed by atoms with van der Waals surface area (Å²) in [6.07, 6.45) is 0.492. The number of thiazole rings is 1. The molecule has 2 rings (SSSR count). The number of hydrogen-bond donors (Lipinski definition) is 2. The molecule has 0 radical (unpaired) electrons. The molecule has 1 amide bonds. The van der Waals surface area contributed by atoms with Gasteiger partial charge >= 0.3 is 0 Å². The van der Waals surface area contributed by atoms with E-state index in [9.17, 15) is 4.79 Å². The van der Waals surface area contributed by atoms with Gasteiger partial charge < -0.3 is 15.4 Å². The van der Waals surface area contributed by atoms with Crippen LogP contribution in [0.5, 0.6) is 0 Å². The SMILES string of the molecule is Cc1nc(C)c(CCNC(=O)C2CNCCO2)s1.Cl.Cl. The molecule has 1 fully saturated rings. The Morgan fingerprint density at radius 1 is 1.50 bits per heavy atom. The highest BCUT2D eigenvalue weighted by molar-refractivity contribution is 7.11. The van der Waals surface area contributed by atoms with Gasteiger partial charge in [-0.1, -0.05) is 0 Å². The summed E-state index contributed by atoms with van der Waals surface area (Å²) in [6, 6.07) is 0. The van der Waals surface area contributed by atoms with E-state index in [4.69, 9.17) is 4.74 Å². The van der Waals surface area contributed by atoms with Gasteiger partial charge in [0, 0.05) is 30.9 Å². The van der Waals surface area contributed by atoms with Crippen LogP contribution in [0.2, 0.25) is 0 Å². The predicted octanol–water partition coefficient (Wildman–Crippen LogP) is 1.25. The molecule has 1 aliphatic rings.